The maximum absolute atomic E-state index is 12.8. The zero-order valence-electron chi connectivity index (χ0n) is 9.41. The summed E-state index contributed by atoms with van der Waals surface area (Å²) < 4.78 is 18.4. The molecule has 0 amide bonds. The molecule has 88 valence electrons. The molecular weight excluding hydrogens is 239 g/mol. The van der Waals surface area contributed by atoms with E-state index in [1.807, 2.05) is 31.2 Å². The molecule has 0 aliphatic carbocycles. The van der Waals surface area contributed by atoms with E-state index >= 15 is 0 Å². The van der Waals surface area contributed by atoms with Gasteiger partial charge in [0.25, 0.3) is 0 Å². The summed E-state index contributed by atoms with van der Waals surface area (Å²) in [5.41, 5.74) is 1.90. The van der Waals surface area contributed by atoms with Gasteiger partial charge in [-0.15, -0.1) is 0 Å². The van der Waals surface area contributed by atoms with Gasteiger partial charge in [0.1, 0.15) is 18.2 Å². The first-order chi connectivity index (χ1) is 8.15. The minimum Gasteiger partial charge on any atom is -0.489 e. The second kappa shape index (κ2) is 5.19. The molecule has 17 heavy (non-hydrogen) atoms. The quantitative estimate of drug-likeness (QED) is 0.786. The maximum Gasteiger partial charge on any atom is 0.124 e. The lowest BCUT2D eigenvalue weighted by Crippen LogP contribution is -1.96. The summed E-state index contributed by atoms with van der Waals surface area (Å²) >= 11 is 5.91. The topological polar surface area (TPSA) is 9.23 Å². The molecule has 0 atom stereocenters. The number of aryl methyl sites for hydroxylation is 1. The number of hydrogen-bond acceptors (Lipinski definition) is 1. The predicted molar refractivity (Wildman–Crippen MR) is 66.9 cm³/mol. The van der Waals surface area contributed by atoms with Crippen LogP contribution in [0.5, 0.6) is 5.75 Å². The molecule has 0 heterocycles. The molecule has 0 radical (unpaired) electrons. The second-order valence-electron chi connectivity index (χ2n) is 3.84. The van der Waals surface area contributed by atoms with Crippen molar-refractivity contribution in [2.45, 2.75) is 13.5 Å². The van der Waals surface area contributed by atoms with Crippen molar-refractivity contribution in [2.24, 2.45) is 0 Å². The van der Waals surface area contributed by atoms with Gasteiger partial charge in [-0.1, -0.05) is 29.8 Å². The largest absolute Gasteiger partial charge is 0.489 e. The lowest BCUT2D eigenvalue weighted by Gasteiger charge is -2.08. The van der Waals surface area contributed by atoms with Crippen LogP contribution in [0.1, 0.15) is 11.1 Å². The zero-order chi connectivity index (χ0) is 12.3. The van der Waals surface area contributed by atoms with E-state index in [0.717, 1.165) is 16.9 Å². The van der Waals surface area contributed by atoms with Crippen molar-refractivity contribution in [1.82, 2.24) is 0 Å². The van der Waals surface area contributed by atoms with Crippen LogP contribution in [0.3, 0.4) is 0 Å². The standard InChI is InChI=1S/C14H12ClFO/c1-10-3-2-4-13(7-10)17-9-11-5-6-12(16)8-14(11)15/h2-8H,9H2,1H3. The van der Waals surface area contributed by atoms with E-state index in [2.05, 4.69) is 0 Å². The first-order valence-corrected chi connectivity index (χ1v) is 5.66. The van der Waals surface area contributed by atoms with Crippen LogP contribution in [-0.4, -0.2) is 0 Å². The molecule has 2 rings (SSSR count). The molecule has 0 fully saturated rings. The van der Waals surface area contributed by atoms with Crippen molar-refractivity contribution in [3.8, 4) is 5.75 Å². The van der Waals surface area contributed by atoms with Crippen molar-refractivity contribution in [2.75, 3.05) is 0 Å². The molecule has 2 aromatic carbocycles. The van der Waals surface area contributed by atoms with E-state index < -0.39 is 0 Å². The third kappa shape index (κ3) is 3.21. The smallest absolute Gasteiger partial charge is 0.124 e. The van der Waals surface area contributed by atoms with Gasteiger partial charge in [0, 0.05) is 5.56 Å². The molecule has 0 aromatic heterocycles. The highest BCUT2D eigenvalue weighted by molar-refractivity contribution is 6.31. The average Bonchev–Trinajstić information content (AvgIpc) is 2.28. The molecule has 0 saturated heterocycles. The van der Waals surface area contributed by atoms with Crippen LogP contribution < -0.4 is 4.74 Å². The van der Waals surface area contributed by atoms with E-state index in [4.69, 9.17) is 16.3 Å². The van der Waals surface area contributed by atoms with Crippen LogP contribution in [0, 0.1) is 12.7 Å². The Morgan fingerprint density at radius 2 is 2.00 bits per heavy atom. The summed E-state index contributed by atoms with van der Waals surface area (Å²) in [4.78, 5) is 0. The minimum absolute atomic E-state index is 0.336. The Morgan fingerprint density at radius 3 is 2.71 bits per heavy atom. The molecule has 1 nitrogen and oxygen atoms in total. The number of ether oxygens (including phenoxy) is 1. The summed E-state index contributed by atoms with van der Waals surface area (Å²) in [6.45, 7) is 2.33. The molecule has 2 aromatic rings. The molecule has 0 unspecified atom stereocenters. The zero-order valence-corrected chi connectivity index (χ0v) is 10.2. The van der Waals surface area contributed by atoms with Crippen molar-refractivity contribution >= 4 is 11.6 Å². The molecular formula is C14H12ClFO. The maximum atomic E-state index is 12.8. The summed E-state index contributed by atoms with van der Waals surface area (Å²) in [5, 5.41) is 0.387. The average molecular weight is 251 g/mol. The van der Waals surface area contributed by atoms with Gasteiger partial charge in [-0.3, -0.25) is 0 Å². The summed E-state index contributed by atoms with van der Waals surface area (Å²) in [7, 11) is 0. The van der Waals surface area contributed by atoms with Crippen LogP contribution >= 0.6 is 11.6 Å². The summed E-state index contributed by atoms with van der Waals surface area (Å²) in [6, 6.07) is 12.0. The molecule has 0 aliphatic heterocycles. The Morgan fingerprint density at radius 1 is 1.18 bits per heavy atom. The lowest BCUT2D eigenvalue weighted by molar-refractivity contribution is 0.306. The van der Waals surface area contributed by atoms with Crippen molar-refractivity contribution in [1.29, 1.82) is 0 Å². The van der Waals surface area contributed by atoms with Crippen molar-refractivity contribution in [3.63, 3.8) is 0 Å². The van der Waals surface area contributed by atoms with E-state index in [1.54, 1.807) is 6.07 Å². The van der Waals surface area contributed by atoms with Gasteiger partial charge in [-0.2, -0.15) is 0 Å². The Kier molecular flexibility index (Phi) is 3.64. The fourth-order valence-electron chi connectivity index (χ4n) is 1.50. The molecule has 0 N–H and O–H groups in total. The van der Waals surface area contributed by atoms with E-state index in [1.165, 1.54) is 12.1 Å². The molecule has 3 heteroatoms. The van der Waals surface area contributed by atoms with Crippen LogP contribution in [-0.2, 0) is 6.61 Å². The van der Waals surface area contributed by atoms with Crippen LogP contribution in [0.4, 0.5) is 4.39 Å². The Labute approximate surface area is 105 Å². The van der Waals surface area contributed by atoms with E-state index in [-0.39, 0.29) is 5.82 Å². The SMILES string of the molecule is Cc1cccc(OCc2ccc(F)cc2Cl)c1. The molecule has 0 aliphatic rings. The number of hydrogen-bond donors (Lipinski definition) is 0. The fourth-order valence-corrected chi connectivity index (χ4v) is 1.73. The number of benzene rings is 2. The predicted octanol–water partition coefficient (Wildman–Crippen LogP) is 4.37. The minimum atomic E-state index is -0.339. The van der Waals surface area contributed by atoms with Gasteiger partial charge in [-0.05, 0) is 36.8 Å². The lowest BCUT2D eigenvalue weighted by atomic mass is 10.2. The van der Waals surface area contributed by atoms with Crippen LogP contribution in [0.25, 0.3) is 0 Å². The molecule has 0 saturated carbocycles. The Bertz CT molecular complexity index is 525. The highest BCUT2D eigenvalue weighted by Gasteiger charge is 2.03. The van der Waals surface area contributed by atoms with Gasteiger partial charge >= 0.3 is 0 Å². The first-order valence-electron chi connectivity index (χ1n) is 5.28. The third-order valence-electron chi connectivity index (χ3n) is 2.40. The highest BCUT2D eigenvalue weighted by atomic mass is 35.5. The fraction of sp³-hybridized carbons (Fsp3) is 0.143. The van der Waals surface area contributed by atoms with Crippen LogP contribution in [0.2, 0.25) is 5.02 Å². The number of rotatable bonds is 3. The van der Waals surface area contributed by atoms with Crippen LogP contribution in [0.15, 0.2) is 42.5 Å². The third-order valence-corrected chi connectivity index (χ3v) is 2.75. The van der Waals surface area contributed by atoms with Gasteiger partial charge in [0.05, 0.1) is 5.02 Å². The normalized spacial score (nSPS) is 10.3. The molecule has 0 spiro atoms. The Hall–Kier alpha value is -1.54. The second-order valence-corrected chi connectivity index (χ2v) is 4.25. The highest BCUT2D eigenvalue weighted by Crippen LogP contribution is 2.20. The van der Waals surface area contributed by atoms with Gasteiger partial charge in [0.2, 0.25) is 0 Å². The van der Waals surface area contributed by atoms with E-state index in [9.17, 15) is 4.39 Å². The van der Waals surface area contributed by atoms with Gasteiger partial charge in [0.15, 0.2) is 0 Å². The first kappa shape index (κ1) is 11.9. The van der Waals surface area contributed by atoms with Crippen molar-refractivity contribution in [3.05, 3.63) is 64.4 Å². The molecule has 0 bridgehead atoms. The van der Waals surface area contributed by atoms with E-state index in [0.29, 0.717) is 11.6 Å². The number of halogens is 2. The Balaban J connectivity index is 2.07. The van der Waals surface area contributed by atoms with Gasteiger partial charge < -0.3 is 4.74 Å². The summed E-state index contributed by atoms with van der Waals surface area (Å²) in [6.07, 6.45) is 0. The van der Waals surface area contributed by atoms with Crippen molar-refractivity contribution < 1.29 is 9.13 Å². The van der Waals surface area contributed by atoms with Gasteiger partial charge in [-0.25, -0.2) is 4.39 Å². The monoisotopic (exact) mass is 250 g/mol. The summed E-state index contributed by atoms with van der Waals surface area (Å²) in [5.74, 6) is 0.444.